The summed E-state index contributed by atoms with van der Waals surface area (Å²) in [6.07, 6.45) is 0. The lowest BCUT2D eigenvalue weighted by molar-refractivity contribution is 0.319. The van der Waals surface area contributed by atoms with Crippen LogP contribution in [0.2, 0.25) is 0 Å². The summed E-state index contributed by atoms with van der Waals surface area (Å²) < 4.78 is 0. The Bertz CT molecular complexity index is 544. The average Bonchev–Trinajstić information content (AvgIpc) is 2.81. The van der Waals surface area contributed by atoms with Gasteiger partial charge in [-0.3, -0.25) is 4.90 Å². The second-order valence-corrected chi connectivity index (χ2v) is 6.17. The van der Waals surface area contributed by atoms with Gasteiger partial charge in [-0.15, -0.1) is 0 Å². The van der Waals surface area contributed by atoms with E-state index in [1.165, 1.54) is 29.8 Å². The smallest absolute Gasteiger partial charge is 0.0234 e. The molecule has 0 spiro atoms. The molecule has 0 aromatic heterocycles. The Balaban J connectivity index is 1.69. The third kappa shape index (κ3) is 2.94. The summed E-state index contributed by atoms with van der Waals surface area (Å²) in [5, 5.41) is 0. The van der Waals surface area contributed by atoms with Crippen LogP contribution in [0.1, 0.15) is 29.5 Å². The number of nitrogens with zero attached hydrogens (tertiary/aromatic N) is 1. The molecule has 2 atom stereocenters. The van der Waals surface area contributed by atoms with E-state index in [9.17, 15) is 0 Å². The van der Waals surface area contributed by atoms with Gasteiger partial charge in [0.15, 0.2) is 0 Å². The van der Waals surface area contributed by atoms with Gasteiger partial charge in [-0.05, 0) is 24.0 Å². The van der Waals surface area contributed by atoms with Gasteiger partial charge in [-0.2, -0.15) is 0 Å². The predicted octanol–water partition coefficient (Wildman–Crippen LogP) is 4.23. The lowest BCUT2D eigenvalue weighted by atomic mass is 9.90. The molecule has 0 N–H and O–H groups in total. The maximum atomic E-state index is 2.59. The summed E-state index contributed by atoms with van der Waals surface area (Å²) in [7, 11) is 0. The number of aryl methyl sites for hydroxylation is 1. The molecule has 0 radical (unpaired) electrons. The van der Waals surface area contributed by atoms with E-state index in [1.807, 2.05) is 0 Å². The molecule has 0 amide bonds. The summed E-state index contributed by atoms with van der Waals surface area (Å²) in [6, 6.07) is 19.9. The first kappa shape index (κ1) is 13.4. The van der Waals surface area contributed by atoms with E-state index in [2.05, 4.69) is 73.3 Å². The van der Waals surface area contributed by atoms with E-state index in [0.29, 0.717) is 5.92 Å². The minimum absolute atomic E-state index is 0.680. The molecule has 0 saturated carbocycles. The Labute approximate surface area is 122 Å². The molecule has 1 saturated heterocycles. The summed E-state index contributed by atoms with van der Waals surface area (Å²) in [5.41, 5.74) is 4.27. The molecule has 0 bridgehead atoms. The van der Waals surface area contributed by atoms with Gasteiger partial charge in [0.25, 0.3) is 0 Å². The molecule has 20 heavy (non-hydrogen) atoms. The molecule has 3 rings (SSSR count). The third-order valence-corrected chi connectivity index (χ3v) is 4.44. The van der Waals surface area contributed by atoms with Crippen LogP contribution in [-0.4, -0.2) is 18.0 Å². The highest BCUT2D eigenvalue weighted by atomic mass is 15.1. The van der Waals surface area contributed by atoms with Crippen LogP contribution in [0.25, 0.3) is 0 Å². The van der Waals surface area contributed by atoms with Crippen molar-refractivity contribution in [3.8, 4) is 0 Å². The molecule has 1 aliphatic heterocycles. The molecule has 104 valence electrons. The van der Waals surface area contributed by atoms with Crippen molar-refractivity contribution in [1.82, 2.24) is 4.90 Å². The molecular weight excluding hydrogens is 242 g/mol. The van der Waals surface area contributed by atoms with Crippen molar-refractivity contribution >= 4 is 0 Å². The topological polar surface area (TPSA) is 3.24 Å². The van der Waals surface area contributed by atoms with Gasteiger partial charge in [-0.1, -0.05) is 67.1 Å². The predicted molar refractivity (Wildman–Crippen MR) is 84.8 cm³/mol. The largest absolute Gasteiger partial charge is 0.298 e. The highest BCUT2D eigenvalue weighted by molar-refractivity contribution is 5.26. The number of hydrogen-bond acceptors (Lipinski definition) is 1. The Morgan fingerprint density at radius 2 is 1.65 bits per heavy atom. The molecule has 1 nitrogen and oxygen atoms in total. The molecule has 1 unspecified atom stereocenters. The molecule has 1 heterocycles. The Kier molecular flexibility index (Phi) is 3.88. The molecule has 0 aliphatic carbocycles. The van der Waals surface area contributed by atoms with Gasteiger partial charge in [0.2, 0.25) is 0 Å². The van der Waals surface area contributed by atoms with E-state index in [0.717, 1.165) is 12.5 Å². The number of hydrogen-bond donors (Lipinski definition) is 0. The van der Waals surface area contributed by atoms with Gasteiger partial charge in [0, 0.05) is 25.6 Å². The summed E-state index contributed by atoms with van der Waals surface area (Å²) >= 11 is 0. The van der Waals surface area contributed by atoms with Gasteiger partial charge < -0.3 is 0 Å². The standard InChI is InChI=1S/C19H23N/c1-15-8-10-18(11-9-15)19-14-20(12-16(19)2)13-17-6-4-3-5-7-17/h3-11,16,19H,12-14H2,1-2H3/t16-,19?/m1/s1. The van der Waals surface area contributed by atoms with E-state index < -0.39 is 0 Å². The van der Waals surface area contributed by atoms with Crippen LogP contribution >= 0.6 is 0 Å². The third-order valence-electron chi connectivity index (χ3n) is 4.44. The SMILES string of the molecule is Cc1ccc(C2CN(Cc3ccccc3)C[C@H]2C)cc1. The molecule has 1 fully saturated rings. The fraction of sp³-hybridized carbons (Fsp3) is 0.368. The van der Waals surface area contributed by atoms with Crippen molar-refractivity contribution in [2.45, 2.75) is 26.3 Å². The summed E-state index contributed by atoms with van der Waals surface area (Å²) in [6.45, 7) is 8.00. The van der Waals surface area contributed by atoms with Gasteiger partial charge in [0.05, 0.1) is 0 Å². The van der Waals surface area contributed by atoms with Crippen molar-refractivity contribution < 1.29 is 0 Å². The van der Waals surface area contributed by atoms with E-state index >= 15 is 0 Å². The number of rotatable bonds is 3. The second kappa shape index (κ2) is 5.80. The van der Waals surface area contributed by atoms with Crippen molar-refractivity contribution in [2.24, 2.45) is 5.92 Å². The highest BCUT2D eigenvalue weighted by Crippen LogP contribution is 2.33. The number of benzene rings is 2. The van der Waals surface area contributed by atoms with Crippen LogP contribution in [0.4, 0.5) is 0 Å². The van der Waals surface area contributed by atoms with Crippen LogP contribution in [0.3, 0.4) is 0 Å². The monoisotopic (exact) mass is 265 g/mol. The molecular formula is C19H23N. The Morgan fingerprint density at radius 1 is 0.950 bits per heavy atom. The zero-order chi connectivity index (χ0) is 13.9. The zero-order valence-corrected chi connectivity index (χ0v) is 12.4. The molecule has 1 aliphatic rings. The quantitative estimate of drug-likeness (QED) is 0.802. The van der Waals surface area contributed by atoms with Crippen LogP contribution in [0.5, 0.6) is 0 Å². The van der Waals surface area contributed by atoms with Crippen LogP contribution < -0.4 is 0 Å². The Hall–Kier alpha value is -1.60. The normalized spacial score (nSPS) is 23.1. The first-order valence-corrected chi connectivity index (χ1v) is 7.55. The average molecular weight is 265 g/mol. The first-order chi connectivity index (χ1) is 9.72. The fourth-order valence-corrected chi connectivity index (χ4v) is 3.29. The first-order valence-electron chi connectivity index (χ1n) is 7.55. The van der Waals surface area contributed by atoms with Crippen molar-refractivity contribution in [1.29, 1.82) is 0 Å². The van der Waals surface area contributed by atoms with Crippen LogP contribution in [0.15, 0.2) is 54.6 Å². The lowest BCUT2D eigenvalue weighted by Gasteiger charge is -2.16. The van der Waals surface area contributed by atoms with E-state index in [4.69, 9.17) is 0 Å². The number of likely N-dealkylation sites (tertiary alicyclic amines) is 1. The minimum Gasteiger partial charge on any atom is -0.298 e. The van der Waals surface area contributed by atoms with Crippen LogP contribution in [0, 0.1) is 12.8 Å². The van der Waals surface area contributed by atoms with Crippen LogP contribution in [-0.2, 0) is 6.54 Å². The maximum Gasteiger partial charge on any atom is 0.0234 e. The van der Waals surface area contributed by atoms with Gasteiger partial charge in [0.1, 0.15) is 0 Å². The lowest BCUT2D eigenvalue weighted by Crippen LogP contribution is -2.20. The highest BCUT2D eigenvalue weighted by Gasteiger charge is 2.30. The van der Waals surface area contributed by atoms with Gasteiger partial charge in [-0.25, -0.2) is 0 Å². The molecule has 1 heteroatoms. The molecule has 2 aromatic rings. The van der Waals surface area contributed by atoms with E-state index in [-0.39, 0.29) is 0 Å². The van der Waals surface area contributed by atoms with Crippen molar-refractivity contribution in [3.05, 3.63) is 71.3 Å². The minimum atomic E-state index is 0.680. The fourth-order valence-electron chi connectivity index (χ4n) is 3.29. The van der Waals surface area contributed by atoms with Crippen molar-refractivity contribution in [2.75, 3.05) is 13.1 Å². The van der Waals surface area contributed by atoms with Crippen molar-refractivity contribution in [3.63, 3.8) is 0 Å². The summed E-state index contributed by atoms with van der Waals surface area (Å²) in [4.78, 5) is 2.59. The Morgan fingerprint density at radius 3 is 2.35 bits per heavy atom. The zero-order valence-electron chi connectivity index (χ0n) is 12.4. The molecule has 2 aromatic carbocycles. The van der Waals surface area contributed by atoms with E-state index in [1.54, 1.807) is 0 Å². The van der Waals surface area contributed by atoms with Gasteiger partial charge >= 0.3 is 0 Å². The second-order valence-electron chi connectivity index (χ2n) is 6.17. The summed E-state index contributed by atoms with van der Waals surface area (Å²) in [5.74, 6) is 1.42. The maximum absolute atomic E-state index is 2.59.